The lowest BCUT2D eigenvalue weighted by Crippen LogP contribution is -2.66. The first kappa shape index (κ1) is 15.8. The van der Waals surface area contributed by atoms with Crippen molar-refractivity contribution in [3.05, 3.63) is 29.3 Å². The van der Waals surface area contributed by atoms with Gasteiger partial charge in [0, 0.05) is 31.1 Å². The number of urea groups is 1. The summed E-state index contributed by atoms with van der Waals surface area (Å²) in [6.07, 6.45) is 3.95. The molecule has 2 aliphatic heterocycles. The molecule has 2 heterocycles. The average molecular weight is 328 g/mol. The van der Waals surface area contributed by atoms with Gasteiger partial charge in [-0.2, -0.15) is 0 Å². The molecule has 1 aromatic rings. The van der Waals surface area contributed by atoms with Crippen LogP contribution in [-0.2, 0) is 11.8 Å². The molecular weight excluding hydrogens is 300 g/mol. The van der Waals surface area contributed by atoms with Crippen molar-refractivity contribution < 1.29 is 9.90 Å². The van der Waals surface area contributed by atoms with Gasteiger partial charge < -0.3 is 14.9 Å². The zero-order valence-electron chi connectivity index (χ0n) is 15.0. The van der Waals surface area contributed by atoms with E-state index in [0.29, 0.717) is 5.75 Å². The van der Waals surface area contributed by atoms with Gasteiger partial charge >= 0.3 is 6.03 Å². The maximum atomic E-state index is 13.1. The summed E-state index contributed by atoms with van der Waals surface area (Å²) in [5.74, 6) is 0.384. The average Bonchev–Trinajstić information content (AvgIpc) is 3.05. The molecule has 0 aromatic heterocycles. The third-order valence-corrected chi connectivity index (χ3v) is 7.25. The summed E-state index contributed by atoms with van der Waals surface area (Å²) in [4.78, 5) is 17.2. The lowest BCUT2D eigenvalue weighted by Gasteiger charge is -2.61. The van der Waals surface area contributed by atoms with E-state index in [1.807, 2.05) is 11.0 Å². The van der Waals surface area contributed by atoms with Crippen molar-refractivity contribution in [2.24, 2.45) is 5.41 Å². The predicted octanol–water partition coefficient (Wildman–Crippen LogP) is 3.52. The van der Waals surface area contributed by atoms with Crippen molar-refractivity contribution >= 4 is 6.03 Å². The lowest BCUT2D eigenvalue weighted by atomic mass is 9.51. The van der Waals surface area contributed by atoms with Crippen molar-refractivity contribution in [1.29, 1.82) is 0 Å². The number of benzene rings is 1. The van der Waals surface area contributed by atoms with Gasteiger partial charge in [0.15, 0.2) is 0 Å². The highest BCUT2D eigenvalue weighted by atomic mass is 16.3. The van der Waals surface area contributed by atoms with E-state index in [1.165, 1.54) is 5.56 Å². The number of hydrogen-bond donors (Lipinski definition) is 1. The molecule has 2 amide bonds. The van der Waals surface area contributed by atoms with E-state index in [2.05, 4.69) is 31.7 Å². The molecule has 4 nitrogen and oxygen atoms in total. The van der Waals surface area contributed by atoms with Crippen molar-refractivity contribution in [2.75, 3.05) is 19.6 Å². The minimum atomic E-state index is -0.0125. The van der Waals surface area contributed by atoms with E-state index < -0.39 is 0 Å². The monoisotopic (exact) mass is 328 g/mol. The van der Waals surface area contributed by atoms with E-state index in [4.69, 9.17) is 0 Å². The number of hydrogen-bond acceptors (Lipinski definition) is 2. The number of aromatic hydroxyl groups is 1. The van der Waals surface area contributed by atoms with Gasteiger partial charge in [-0.3, -0.25) is 0 Å². The Bertz CT molecular complexity index is 678. The van der Waals surface area contributed by atoms with Gasteiger partial charge in [0.25, 0.3) is 0 Å². The zero-order chi connectivity index (χ0) is 17.1. The van der Waals surface area contributed by atoms with Crippen molar-refractivity contribution in [3.8, 4) is 5.75 Å². The van der Waals surface area contributed by atoms with Gasteiger partial charge in [0.05, 0.1) is 0 Å². The molecule has 1 aliphatic carbocycles. The second-order valence-corrected chi connectivity index (χ2v) is 8.50. The quantitative estimate of drug-likeness (QED) is 0.792. The van der Waals surface area contributed by atoms with E-state index in [-0.39, 0.29) is 22.9 Å². The molecule has 2 bridgehead atoms. The molecule has 2 saturated heterocycles. The van der Waals surface area contributed by atoms with Gasteiger partial charge in [0.1, 0.15) is 5.75 Å². The van der Waals surface area contributed by atoms with Crippen LogP contribution in [0.2, 0.25) is 0 Å². The number of rotatable bonds is 0. The highest BCUT2D eigenvalue weighted by molar-refractivity contribution is 5.76. The highest BCUT2D eigenvalue weighted by Gasteiger charge is 2.57. The fourth-order valence-corrected chi connectivity index (χ4v) is 5.24. The Morgan fingerprint density at radius 1 is 1.17 bits per heavy atom. The number of phenolic OH excluding ortho intramolecular Hbond substituents is 1. The van der Waals surface area contributed by atoms with Crippen LogP contribution >= 0.6 is 0 Å². The van der Waals surface area contributed by atoms with Gasteiger partial charge in [-0.1, -0.05) is 32.9 Å². The lowest BCUT2D eigenvalue weighted by molar-refractivity contribution is -0.0226. The number of likely N-dealkylation sites (tertiary alicyclic amines) is 2. The molecule has 1 aromatic carbocycles. The van der Waals surface area contributed by atoms with Gasteiger partial charge in [-0.05, 0) is 48.3 Å². The van der Waals surface area contributed by atoms with Gasteiger partial charge in [-0.25, -0.2) is 4.79 Å². The summed E-state index contributed by atoms with van der Waals surface area (Å²) < 4.78 is 0. The maximum Gasteiger partial charge on any atom is 0.320 e. The molecule has 0 saturated carbocycles. The van der Waals surface area contributed by atoms with Crippen LogP contribution in [0.1, 0.15) is 51.2 Å². The van der Waals surface area contributed by atoms with Crippen LogP contribution in [0.3, 0.4) is 0 Å². The summed E-state index contributed by atoms with van der Waals surface area (Å²) >= 11 is 0. The first-order chi connectivity index (χ1) is 11.4. The molecule has 130 valence electrons. The van der Waals surface area contributed by atoms with Crippen LogP contribution in [0.5, 0.6) is 5.75 Å². The molecule has 2 fully saturated rings. The summed E-state index contributed by atoms with van der Waals surface area (Å²) in [7, 11) is 0. The Labute approximate surface area is 144 Å². The number of phenols is 1. The third-order valence-electron chi connectivity index (χ3n) is 7.25. The molecule has 3 aliphatic rings. The zero-order valence-corrected chi connectivity index (χ0v) is 15.0. The number of nitrogens with zero attached hydrogens (tertiary/aromatic N) is 2. The number of carbonyl (C=O) groups excluding carboxylic acids is 1. The van der Waals surface area contributed by atoms with Crippen LogP contribution in [-0.4, -0.2) is 46.6 Å². The van der Waals surface area contributed by atoms with Crippen LogP contribution in [0, 0.1) is 5.41 Å². The third kappa shape index (κ3) is 1.95. The number of amides is 2. The Hall–Kier alpha value is -1.71. The van der Waals surface area contributed by atoms with Crippen molar-refractivity contribution in [3.63, 3.8) is 0 Å². The smallest absolute Gasteiger partial charge is 0.320 e. The molecular formula is C20H28N2O2. The summed E-state index contributed by atoms with van der Waals surface area (Å²) in [6.45, 7) is 9.51. The predicted molar refractivity (Wildman–Crippen MR) is 94.3 cm³/mol. The first-order valence-electron chi connectivity index (χ1n) is 9.23. The molecule has 4 rings (SSSR count). The Kier molecular flexibility index (Phi) is 3.38. The van der Waals surface area contributed by atoms with Gasteiger partial charge in [0.2, 0.25) is 0 Å². The van der Waals surface area contributed by atoms with Crippen LogP contribution in [0.25, 0.3) is 0 Å². The van der Waals surface area contributed by atoms with E-state index >= 15 is 0 Å². The molecule has 1 N–H and O–H groups in total. The Balaban J connectivity index is 1.76. The fourth-order valence-electron chi connectivity index (χ4n) is 5.24. The topological polar surface area (TPSA) is 43.8 Å². The second kappa shape index (κ2) is 5.14. The normalized spacial score (nSPS) is 31.0. The van der Waals surface area contributed by atoms with E-state index in [9.17, 15) is 9.90 Å². The summed E-state index contributed by atoms with van der Waals surface area (Å²) in [5, 5.41) is 10.4. The van der Waals surface area contributed by atoms with E-state index in [0.717, 1.165) is 50.9 Å². The molecule has 2 atom stereocenters. The molecule has 4 heteroatoms. The standard InChI is InChI=1S/C20H28N2O2/c1-19(2)17-13-14-15(7-6-8-16(14)23)20(19,3)9-12-22(17)18(24)21-10-4-5-11-21/h6-8,17,23H,4-5,9-13H2,1-3H3/t17-,20+/m0/s1. The van der Waals surface area contributed by atoms with Crippen molar-refractivity contribution in [1.82, 2.24) is 9.80 Å². The minimum absolute atomic E-state index is 0.00816. The Morgan fingerprint density at radius 3 is 2.58 bits per heavy atom. The molecule has 0 spiro atoms. The SMILES string of the molecule is CC1(C)[C@@H]2Cc3c(O)cccc3[C@@]1(C)CCN2C(=O)N1CCCC1. The molecule has 0 unspecified atom stereocenters. The number of carbonyl (C=O) groups is 1. The number of fused-ring (bicyclic) bond motifs is 4. The summed E-state index contributed by atoms with van der Waals surface area (Å²) in [5.41, 5.74) is 2.30. The van der Waals surface area contributed by atoms with Crippen LogP contribution in [0.4, 0.5) is 4.79 Å². The first-order valence-corrected chi connectivity index (χ1v) is 9.23. The molecule has 0 radical (unpaired) electrons. The van der Waals surface area contributed by atoms with Crippen LogP contribution < -0.4 is 0 Å². The second-order valence-electron chi connectivity index (χ2n) is 8.50. The van der Waals surface area contributed by atoms with Crippen molar-refractivity contribution in [2.45, 2.75) is 57.9 Å². The molecule has 24 heavy (non-hydrogen) atoms. The maximum absolute atomic E-state index is 13.1. The highest BCUT2D eigenvalue weighted by Crippen LogP contribution is 2.57. The van der Waals surface area contributed by atoms with Crippen LogP contribution in [0.15, 0.2) is 18.2 Å². The van der Waals surface area contributed by atoms with E-state index in [1.54, 1.807) is 6.07 Å². The largest absolute Gasteiger partial charge is 0.508 e. The number of piperidine rings is 1. The summed E-state index contributed by atoms with van der Waals surface area (Å²) in [6, 6.07) is 6.25. The van der Waals surface area contributed by atoms with Gasteiger partial charge in [-0.15, -0.1) is 0 Å². The fraction of sp³-hybridized carbons (Fsp3) is 0.650. The Morgan fingerprint density at radius 2 is 1.88 bits per heavy atom. The minimum Gasteiger partial charge on any atom is -0.508 e.